The highest BCUT2D eigenvalue weighted by molar-refractivity contribution is 7.14. The molecule has 0 bridgehead atoms. The van der Waals surface area contributed by atoms with Crippen LogP contribution in [-0.2, 0) is 9.59 Å². The Labute approximate surface area is 182 Å². The molecule has 0 atom stereocenters. The normalized spacial score (nSPS) is 18.0. The minimum Gasteiger partial charge on any atom is -0.343 e. The first kappa shape index (κ1) is 21.0. The summed E-state index contributed by atoms with van der Waals surface area (Å²) in [6.45, 7) is 3.30. The Morgan fingerprint density at radius 3 is 2.60 bits per heavy atom. The zero-order valence-electron chi connectivity index (χ0n) is 17.6. The molecule has 0 radical (unpaired) electrons. The molecular weight excluding hydrogens is 396 g/mol. The molecule has 0 unspecified atom stereocenters. The third kappa shape index (κ3) is 5.25. The molecule has 1 aromatic heterocycles. The number of hydrogen-bond donors (Lipinski definition) is 1. The van der Waals surface area contributed by atoms with Gasteiger partial charge in [0.1, 0.15) is 10.0 Å². The summed E-state index contributed by atoms with van der Waals surface area (Å²) in [6.07, 6.45) is 8.38. The Bertz CT molecular complexity index is 883. The molecule has 7 heteroatoms. The number of benzene rings is 1. The number of aromatic nitrogens is 2. The average Bonchev–Trinajstić information content (AvgIpc) is 3.44. The van der Waals surface area contributed by atoms with E-state index in [9.17, 15) is 9.59 Å². The van der Waals surface area contributed by atoms with E-state index in [0.717, 1.165) is 46.4 Å². The minimum absolute atomic E-state index is 0.0404. The highest BCUT2D eigenvalue weighted by atomic mass is 32.1. The first-order valence-electron chi connectivity index (χ1n) is 11.1. The molecule has 2 amide bonds. The van der Waals surface area contributed by atoms with Crippen LogP contribution in [0.4, 0.5) is 5.69 Å². The Kier molecular flexibility index (Phi) is 6.77. The molecule has 2 aliphatic rings. The second-order valence-corrected chi connectivity index (χ2v) is 9.72. The maximum Gasteiger partial charge on any atom is 0.227 e. The maximum absolute atomic E-state index is 12.8. The van der Waals surface area contributed by atoms with Gasteiger partial charge in [-0.2, -0.15) is 0 Å². The molecule has 160 valence electrons. The number of amides is 2. The summed E-state index contributed by atoms with van der Waals surface area (Å²) in [5.74, 6) is 1.01. The molecule has 4 rings (SSSR count). The predicted octanol–water partition coefficient (Wildman–Crippen LogP) is 4.66. The molecule has 6 nitrogen and oxygen atoms in total. The Morgan fingerprint density at radius 1 is 1.13 bits per heavy atom. The van der Waals surface area contributed by atoms with Crippen molar-refractivity contribution in [3.8, 4) is 10.6 Å². The lowest BCUT2D eigenvalue weighted by Crippen LogP contribution is -2.41. The van der Waals surface area contributed by atoms with E-state index in [1.165, 1.54) is 37.0 Å². The fourth-order valence-corrected chi connectivity index (χ4v) is 5.25. The number of rotatable bonds is 6. The molecule has 1 aromatic carbocycles. The van der Waals surface area contributed by atoms with E-state index in [-0.39, 0.29) is 17.7 Å². The summed E-state index contributed by atoms with van der Waals surface area (Å²) >= 11 is 1.54. The number of likely N-dealkylation sites (tertiary alicyclic amines) is 1. The summed E-state index contributed by atoms with van der Waals surface area (Å²) in [4.78, 5) is 27.2. The Morgan fingerprint density at radius 2 is 1.90 bits per heavy atom. The van der Waals surface area contributed by atoms with E-state index in [1.54, 1.807) is 0 Å². The number of nitrogens with zero attached hydrogens (tertiary/aromatic N) is 3. The van der Waals surface area contributed by atoms with Crippen molar-refractivity contribution in [3.63, 3.8) is 0 Å². The van der Waals surface area contributed by atoms with Crippen molar-refractivity contribution in [1.29, 1.82) is 0 Å². The van der Waals surface area contributed by atoms with Gasteiger partial charge in [0.25, 0.3) is 0 Å². The fraction of sp³-hybridized carbons (Fsp3) is 0.565. The van der Waals surface area contributed by atoms with Crippen molar-refractivity contribution in [2.75, 3.05) is 18.4 Å². The van der Waals surface area contributed by atoms with Gasteiger partial charge in [0, 0.05) is 36.7 Å². The van der Waals surface area contributed by atoms with Crippen LogP contribution in [0.3, 0.4) is 0 Å². The smallest absolute Gasteiger partial charge is 0.227 e. The molecule has 1 saturated carbocycles. The summed E-state index contributed by atoms with van der Waals surface area (Å²) in [6, 6.07) is 7.75. The topological polar surface area (TPSA) is 75.2 Å². The van der Waals surface area contributed by atoms with Crippen molar-refractivity contribution < 1.29 is 9.59 Å². The largest absolute Gasteiger partial charge is 0.343 e. The van der Waals surface area contributed by atoms with Crippen molar-refractivity contribution in [2.45, 2.75) is 58.3 Å². The van der Waals surface area contributed by atoms with Crippen molar-refractivity contribution in [1.82, 2.24) is 15.1 Å². The molecule has 2 aromatic rings. The number of anilines is 1. The average molecular weight is 427 g/mol. The molecular formula is C23H30N4O2S. The van der Waals surface area contributed by atoms with Gasteiger partial charge in [0.05, 0.1) is 0 Å². The Balaban J connectivity index is 1.26. The highest BCUT2D eigenvalue weighted by Gasteiger charge is 2.28. The molecule has 30 heavy (non-hydrogen) atoms. The van der Waals surface area contributed by atoms with Gasteiger partial charge < -0.3 is 10.2 Å². The number of carbonyl (C=O) groups excluding carboxylic acids is 2. The third-order valence-electron chi connectivity index (χ3n) is 6.36. The summed E-state index contributed by atoms with van der Waals surface area (Å²) < 4.78 is 0. The van der Waals surface area contributed by atoms with E-state index in [1.807, 2.05) is 36.1 Å². The van der Waals surface area contributed by atoms with Gasteiger partial charge in [0.15, 0.2) is 0 Å². The molecule has 0 spiro atoms. The standard InChI is InChI=1S/C23H30N4O2S/c1-16-25-26-23(30-16)19-7-4-8-20(15-19)24-22(29)18-11-13-27(14-12-18)21(28)10-9-17-5-2-3-6-17/h4,7-8,15,17-18H,2-3,5-6,9-14H2,1H3,(H,24,29). The molecule has 1 saturated heterocycles. The van der Waals surface area contributed by atoms with Crippen molar-refractivity contribution >= 4 is 28.8 Å². The van der Waals surface area contributed by atoms with E-state index < -0.39 is 0 Å². The van der Waals surface area contributed by atoms with Crippen LogP contribution >= 0.6 is 11.3 Å². The molecule has 1 N–H and O–H groups in total. The van der Waals surface area contributed by atoms with Gasteiger partial charge in [-0.3, -0.25) is 9.59 Å². The van der Waals surface area contributed by atoms with Gasteiger partial charge in [-0.15, -0.1) is 10.2 Å². The van der Waals surface area contributed by atoms with Crippen LogP contribution in [0.2, 0.25) is 0 Å². The third-order valence-corrected chi connectivity index (χ3v) is 7.25. The zero-order chi connectivity index (χ0) is 20.9. The lowest BCUT2D eigenvalue weighted by atomic mass is 9.95. The second kappa shape index (κ2) is 9.69. The van der Waals surface area contributed by atoms with Gasteiger partial charge in [0.2, 0.25) is 11.8 Å². The summed E-state index contributed by atoms with van der Waals surface area (Å²) in [7, 11) is 0. The van der Waals surface area contributed by atoms with E-state index in [0.29, 0.717) is 19.5 Å². The zero-order valence-corrected chi connectivity index (χ0v) is 18.4. The highest BCUT2D eigenvalue weighted by Crippen LogP contribution is 2.29. The van der Waals surface area contributed by atoms with E-state index in [2.05, 4.69) is 15.5 Å². The van der Waals surface area contributed by atoms with Crippen LogP contribution in [0.5, 0.6) is 0 Å². The first-order valence-corrected chi connectivity index (χ1v) is 11.9. The van der Waals surface area contributed by atoms with Crippen LogP contribution in [0, 0.1) is 18.8 Å². The quantitative estimate of drug-likeness (QED) is 0.729. The fourth-order valence-electron chi connectivity index (χ4n) is 4.56. The molecule has 2 heterocycles. The van der Waals surface area contributed by atoms with Gasteiger partial charge in [-0.25, -0.2) is 0 Å². The summed E-state index contributed by atoms with van der Waals surface area (Å²) in [5.41, 5.74) is 1.74. The van der Waals surface area contributed by atoms with Crippen LogP contribution < -0.4 is 5.32 Å². The predicted molar refractivity (Wildman–Crippen MR) is 119 cm³/mol. The first-order chi connectivity index (χ1) is 14.6. The second-order valence-electron chi connectivity index (χ2n) is 8.54. The minimum atomic E-state index is -0.0451. The van der Waals surface area contributed by atoms with Crippen molar-refractivity contribution in [2.24, 2.45) is 11.8 Å². The molecule has 1 aliphatic carbocycles. The summed E-state index contributed by atoms with van der Waals surface area (Å²) in [5, 5.41) is 13.1. The number of hydrogen-bond acceptors (Lipinski definition) is 5. The van der Waals surface area contributed by atoms with Crippen LogP contribution in [0.15, 0.2) is 24.3 Å². The van der Waals surface area contributed by atoms with Gasteiger partial charge >= 0.3 is 0 Å². The maximum atomic E-state index is 12.8. The van der Waals surface area contributed by atoms with E-state index in [4.69, 9.17) is 0 Å². The van der Waals surface area contributed by atoms with Crippen LogP contribution in [-0.4, -0.2) is 40.0 Å². The SMILES string of the molecule is Cc1nnc(-c2cccc(NC(=O)C3CCN(C(=O)CCC4CCCC4)CC3)c2)s1. The lowest BCUT2D eigenvalue weighted by molar-refractivity contribution is -0.134. The van der Waals surface area contributed by atoms with Crippen LogP contribution in [0.1, 0.15) is 56.4 Å². The monoisotopic (exact) mass is 426 g/mol. The number of aryl methyl sites for hydroxylation is 1. The molecule has 1 aliphatic heterocycles. The molecule has 2 fully saturated rings. The Hall–Kier alpha value is -2.28. The number of piperidine rings is 1. The van der Waals surface area contributed by atoms with Gasteiger partial charge in [-0.1, -0.05) is 49.2 Å². The van der Waals surface area contributed by atoms with Crippen molar-refractivity contribution in [3.05, 3.63) is 29.3 Å². The number of carbonyl (C=O) groups is 2. The lowest BCUT2D eigenvalue weighted by Gasteiger charge is -2.31. The van der Waals surface area contributed by atoms with Gasteiger partial charge in [-0.05, 0) is 44.2 Å². The van der Waals surface area contributed by atoms with E-state index >= 15 is 0 Å². The van der Waals surface area contributed by atoms with Crippen LogP contribution in [0.25, 0.3) is 10.6 Å². The number of nitrogens with one attached hydrogen (secondary N) is 1.